The number of nitrogens with two attached hydrogens (primary N) is 2. The summed E-state index contributed by atoms with van der Waals surface area (Å²) in [7, 11) is 0. The van der Waals surface area contributed by atoms with Crippen LogP contribution in [0.1, 0.15) is 77.0 Å². The number of carboxylic acid groups (broad SMARTS) is 2. The molecule has 0 saturated carbocycles. The summed E-state index contributed by atoms with van der Waals surface area (Å²) in [4.78, 5) is 174. The Morgan fingerprint density at radius 1 is 0.459 bits per heavy atom. The highest BCUT2D eigenvalue weighted by Crippen LogP contribution is 2.07. The molecule has 0 rings (SSSR count). The molecule has 0 heterocycles. The quantitative estimate of drug-likeness (QED) is 0.0116. The molecule has 0 radical (unpaired) electrons. The van der Waals surface area contributed by atoms with Crippen LogP contribution < -0.4 is 75.2 Å². The monoisotopic (exact) mass is 1230 g/mol. The first-order valence-electron chi connectivity index (χ1n) is 26.7. The molecule has 0 bridgehead atoms. The van der Waals surface area contributed by atoms with Gasteiger partial charge in [-0.15, -0.1) is 0 Å². The number of hydroxylamine groups is 5. The maximum atomic E-state index is 13.4. The van der Waals surface area contributed by atoms with Crippen molar-refractivity contribution in [3.63, 3.8) is 0 Å². The minimum atomic E-state index is -2.71. The highest BCUT2D eigenvalue weighted by Gasteiger charge is 2.39. The maximum Gasteiger partial charge on any atom is 0.335 e. The number of aliphatic carboxylic acids is 2. The van der Waals surface area contributed by atoms with Gasteiger partial charge in [-0.3, -0.25) is 73.1 Å². The summed E-state index contributed by atoms with van der Waals surface area (Å²) in [5, 5.41) is 113. The van der Waals surface area contributed by atoms with E-state index in [-0.39, 0.29) is 126 Å². The zero-order chi connectivity index (χ0) is 64.4. The van der Waals surface area contributed by atoms with E-state index in [2.05, 4.69) is 37.3 Å². The molecule has 0 fully saturated rings. The Balaban J connectivity index is 5.83. The minimum Gasteiger partial charge on any atom is -0.613 e. The number of hydrogen-bond donors (Lipinski definition) is 22. The lowest BCUT2D eigenvalue weighted by Gasteiger charge is -2.27. The second kappa shape index (κ2) is 44.6. The third kappa shape index (κ3) is 31.6. The largest absolute Gasteiger partial charge is 0.613 e. The summed E-state index contributed by atoms with van der Waals surface area (Å²) in [5.74, 6) is -13.6. The number of hydrogen-bond acceptors (Lipinski definition) is 24. The molecule has 484 valence electrons. The lowest BCUT2D eigenvalue weighted by atomic mass is 10.1. The van der Waals surface area contributed by atoms with Gasteiger partial charge in [0.15, 0.2) is 12.2 Å². The van der Waals surface area contributed by atoms with E-state index in [0.717, 1.165) is 0 Å². The first kappa shape index (κ1) is 77.1. The van der Waals surface area contributed by atoms with E-state index >= 15 is 0 Å². The van der Waals surface area contributed by atoms with E-state index in [1.165, 1.54) is 0 Å². The van der Waals surface area contributed by atoms with Crippen LogP contribution in [0.2, 0.25) is 0 Å². The van der Waals surface area contributed by atoms with Crippen molar-refractivity contribution in [3.05, 3.63) is 5.21 Å². The second-order valence-corrected chi connectivity index (χ2v) is 18.6. The number of unbranched alkanes of at least 4 members (excludes halogenated alkanes) is 2. The fourth-order valence-corrected chi connectivity index (χ4v) is 7.42. The lowest BCUT2D eigenvalue weighted by Crippen LogP contribution is -3.14. The van der Waals surface area contributed by atoms with Crippen molar-refractivity contribution < 1.29 is 113 Å². The third-order valence-electron chi connectivity index (χ3n) is 12.1. The van der Waals surface area contributed by atoms with E-state index in [4.69, 9.17) is 11.5 Å². The van der Waals surface area contributed by atoms with Gasteiger partial charge in [-0.05, 0) is 83.7 Å². The number of amides is 12. The highest BCUT2D eigenvalue weighted by atomic mass is 16.5. The van der Waals surface area contributed by atoms with Crippen molar-refractivity contribution in [1.82, 2.24) is 68.7 Å². The number of nitrogens with zero attached hydrogens (tertiary/aromatic N) is 2. The summed E-state index contributed by atoms with van der Waals surface area (Å²) in [5.41, 5.74) is 13.4. The van der Waals surface area contributed by atoms with Gasteiger partial charge in [-0.1, -0.05) is 0 Å². The summed E-state index contributed by atoms with van der Waals surface area (Å²) >= 11 is 0. The smallest absolute Gasteiger partial charge is 0.335 e. The van der Waals surface area contributed by atoms with Crippen molar-refractivity contribution in [3.8, 4) is 0 Å². The van der Waals surface area contributed by atoms with E-state index in [0.29, 0.717) is 38.8 Å². The van der Waals surface area contributed by atoms with Crippen molar-refractivity contribution in [2.75, 3.05) is 65.6 Å². The molecule has 0 aromatic carbocycles. The number of quaternary nitrogens is 1. The number of aliphatic hydroxyl groups is 4. The number of aliphatic hydroxyl groups excluding tert-OH is 4. The second-order valence-electron chi connectivity index (χ2n) is 18.6. The molecule has 0 aromatic heterocycles. The standard InChI is InChI=1S/C46H82N16O23/c47-13-1-3-15-49-37(71)29(11-6-18-60(83)25-67)54-41(75)31(21-63)56-43(77)33(35(69)45(79)80)58-39(73)27(51-23-65)9-5-17-53-62(85)20-8-10-28(52-24-66)40(74)59-34(36(70)46(81)82)44(78)57-32(22-64)42(76)55-30(12-7-19-61(84)26-68)38(72)50-16-4-2-14-48/h23-36,53,62-64,69-70,83-84H,1-22,47-48H2,(H,49,71)(H,50,72)(H,51,65)(H,52,66)(H,54,75)(H,55,76)(H,56,77)(H,57,78)(H,58,73)(H,59,74)(H,79,80)(H,81,82). The normalized spacial score (nSPS) is 14.8. The Morgan fingerprint density at radius 2 is 0.812 bits per heavy atom. The molecule has 0 aliphatic carbocycles. The van der Waals surface area contributed by atoms with Crippen molar-refractivity contribution in [1.29, 1.82) is 0 Å². The van der Waals surface area contributed by atoms with Gasteiger partial charge in [0, 0.05) is 39.1 Å². The summed E-state index contributed by atoms with van der Waals surface area (Å²) < 4.78 is 0. The van der Waals surface area contributed by atoms with Gasteiger partial charge in [0.05, 0.1) is 19.8 Å². The molecule has 39 heteroatoms. The first-order chi connectivity index (χ1) is 40.4. The highest BCUT2D eigenvalue weighted by molar-refractivity contribution is 5.99. The zero-order valence-electron chi connectivity index (χ0n) is 46.4. The van der Waals surface area contributed by atoms with Crippen LogP contribution in [0.15, 0.2) is 0 Å². The van der Waals surface area contributed by atoms with Gasteiger partial charge < -0.3 is 100 Å². The topological polar surface area (TPSA) is 619 Å². The number of carboxylic acids is 2. The van der Waals surface area contributed by atoms with E-state index in [1.54, 1.807) is 0 Å². The van der Waals surface area contributed by atoms with Crippen LogP contribution in [0, 0.1) is 5.21 Å². The van der Waals surface area contributed by atoms with Crippen LogP contribution >= 0.6 is 0 Å². The Bertz CT molecular complexity index is 2140. The molecule has 24 N–H and O–H groups in total. The average molecular weight is 1230 g/mol. The van der Waals surface area contributed by atoms with Crippen LogP contribution in [-0.2, 0) is 67.1 Å². The first-order valence-corrected chi connectivity index (χ1v) is 26.7. The molecular weight excluding hydrogens is 1140 g/mol. The summed E-state index contributed by atoms with van der Waals surface area (Å²) in [6.07, 6.45) is -4.56. The predicted molar refractivity (Wildman–Crippen MR) is 285 cm³/mol. The van der Waals surface area contributed by atoms with Gasteiger partial charge in [0.2, 0.25) is 72.9 Å². The Hall–Kier alpha value is -7.86. The average Bonchev–Trinajstić information content (AvgIpc) is 3.69. The molecule has 0 aliphatic rings. The van der Waals surface area contributed by atoms with Gasteiger partial charge in [0.1, 0.15) is 48.3 Å². The molecule has 11 unspecified atom stereocenters. The lowest BCUT2D eigenvalue weighted by molar-refractivity contribution is -0.896. The maximum absolute atomic E-state index is 13.4. The van der Waals surface area contributed by atoms with Crippen molar-refractivity contribution >= 4 is 84.8 Å². The summed E-state index contributed by atoms with van der Waals surface area (Å²) in [6, 6.07) is -14.6. The zero-order valence-corrected chi connectivity index (χ0v) is 46.4. The molecule has 0 aromatic rings. The Morgan fingerprint density at radius 3 is 1.15 bits per heavy atom. The SMILES string of the molecule is NCCCCNC(=O)C(CCCN(O)C=O)NC(=O)C(CO)NC(=O)C(NC(=O)C(CCCN[NH+]([O-])CCCC(NC=O)C(=O)NC(C(=O)NC(CO)C(=O)NC(CCCN(O)C=O)C(=O)NCCCCN)C(O)C(=O)O)NC=O)C(O)C(=O)O. The molecule has 11 atom stereocenters. The molecule has 0 aliphatic heterocycles. The third-order valence-corrected chi connectivity index (χ3v) is 12.1. The van der Waals surface area contributed by atoms with Gasteiger partial charge >= 0.3 is 11.9 Å². The molecule has 0 saturated heterocycles. The molecular formula is C46H82N16O23. The molecule has 39 nitrogen and oxygen atoms in total. The van der Waals surface area contributed by atoms with Crippen LogP contribution in [-0.4, -0.2) is 262 Å². The number of carbonyl (C=O) groups excluding carboxylic acids is 12. The van der Waals surface area contributed by atoms with E-state index in [9.17, 15) is 113 Å². The van der Waals surface area contributed by atoms with E-state index < -0.39 is 138 Å². The van der Waals surface area contributed by atoms with E-state index in [1.807, 2.05) is 21.3 Å². The molecule has 12 amide bonds. The van der Waals surface area contributed by atoms with Crippen LogP contribution in [0.25, 0.3) is 0 Å². The van der Waals surface area contributed by atoms with Gasteiger partial charge in [-0.25, -0.2) is 19.7 Å². The van der Waals surface area contributed by atoms with Crippen LogP contribution in [0.5, 0.6) is 0 Å². The van der Waals surface area contributed by atoms with Crippen LogP contribution in [0.4, 0.5) is 0 Å². The number of rotatable bonds is 51. The Labute approximate surface area is 485 Å². The number of nitrogens with one attached hydrogen (secondary N) is 12. The number of carbonyl (C=O) groups is 14. The molecule has 0 spiro atoms. The fourth-order valence-electron chi connectivity index (χ4n) is 7.42. The summed E-state index contributed by atoms with van der Waals surface area (Å²) in [6.45, 7) is -2.55. The van der Waals surface area contributed by atoms with Crippen molar-refractivity contribution in [2.45, 2.75) is 138 Å². The predicted octanol–water partition coefficient (Wildman–Crippen LogP) is -12.6. The minimum absolute atomic E-state index is 0.0353. The Kier molecular flexibility index (Phi) is 40.5. The van der Waals surface area contributed by atoms with Crippen molar-refractivity contribution in [2.24, 2.45) is 11.5 Å². The molecule has 85 heavy (non-hydrogen) atoms. The van der Waals surface area contributed by atoms with Crippen LogP contribution in [0.3, 0.4) is 0 Å². The fraction of sp³-hybridized carbons (Fsp3) is 0.696. The van der Waals surface area contributed by atoms with Gasteiger partial charge in [0.25, 0.3) is 0 Å². The van der Waals surface area contributed by atoms with Gasteiger partial charge in [-0.2, -0.15) is 5.43 Å².